The van der Waals surface area contributed by atoms with Crippen LogP contribution >= 0.6 is 0 Å². The Kier molecular flexibility index (Phi) is 6.58. The van der Waals surface area contributed by atoms with Gasteiger partial charge >= 0.3 is 0 Å². The number of hydrogen-bond acceptors (Lipinski definition) is 4. The van der Waals surface area contributed by atoms with Gasteiger partial charge in [0.25, 0.3) is 5.91 Å². The summed E-state index contributed by atoms with van der Waals surface area (Å²) in [5.41, 5.74) is 3.74. The van der Waals surface area contributed by atoms with E-state index < -0.39 is 0 Å². The van der Waals surface area contributed by atoms with Gasteiger partial charge in [0.1, 0.15) is 5.52 Å². The van der Waals surface area contributed by atoms with Crippen molar-refractivity contribution >= 4 is 22.7 Å². The summed E-state index contributed by atoms with van der Waals surface area (Å²) in [6.45, 7) is 4.21. The topological polar surface area (TPSA) is 67.5 Å². The number of amides is 1. The van der Waals surface area contributed by atoms with Gasteiger partial charge in [-0.1, -0.05) is 44.5 Å². The van der Waals surface area contributed by atoms with Gasteiger partial charge in [-0.15, -0.1) is 0 Å². The third kappa shape index (κ3) is 4.47. The standard InChI is InChI=1S/C23H27N3O2/c1-4-10-18(24-3)15-17(5-2)25-22(27)19-13-9-14-20-21(19)28-23(26-20)16-11-7-6-8-12-16/h6-9,11-14,17H,4-5,10,15H2,1-3H3,(H,25,27). The Morgan fingerprint density at radius 2 is 1.93 bits per heavy atom. The molecule has 146 valence electrons. The lowest BCUT2D eigenvalue weighted by Gasteiger charge is -2.18. The van der Waals surface area contributed by atoms with Crippen LogP contribution < -0.4 is 5.32 Å². The number of benzene rings is 2. The molecule has 1 unspecified atom stereocenters. The zero-order chi connectivity index (χ0) is 19.9. The maximum atomic E-state index is 13.0. The van der Waals surface area contributed by atoms with Crippen molar-refractivity contribution in [3.8, 4) is 11.5 Å². The van der Waals surface area contributed by atoms with Gasteiger partial charge < -0.3 is 9.73 Å². The van der Waals surface area contributed by atoms with Crippen LogP contribution in [0.25, 0.3) is 22.6 Å². The fraction of sp³-hybridized carbons (Fsp3) is 0.348. The van der Waals surface area contributed by atoms with Crippen molar-refractivity contribution in [1.82, 2.24) is 10.3 Å². The van der Waals surface area contributed by atoms with Crippen molar-refractivity contribution in [2.75, 3.05) is 7.05 Å². The highest BCUT2D eigenvalue weighted by molar-refractivity contribution is 6.04. The van der Waals surface area contributed by atoms with Crippen LogP contribution in [-0.4, -0.2) is 29.7 Å². The summed E-state index contributed by atoms with van der Waals surface area (Å²) in [5, 5.41) is 3.14. The van der Waals surface area contributed by atoms with E-state index in [2.05, 4.69) is 29.1 Å². The summed E-state index contributed by atoms with van der Waals surface area (Å²) >= 11 is 0. The van der Waals surface area contributed by atoms with E-state index >= 15 is 0 Å². The summed E-state index contributed by atoms with van der Waals surface area (Å²) in [4.78, 5) is 21.9. The Bertz CT molecular complexity index is 960. The zero-order valence-corrected chi connectivity index (χ0v) is 16.7. The van der Waals surface area contributed by atoms with Crippen molar-refractivity contribution in [2.24, 2.45) is 4.99 Å². The summed E-state index contributed by atoms with van der Waals surface area (Å²) in [6, 6.07) is 15.2. The molecule has 0 spiro atoms. The normalized spacial score (nSPS) is 12.9. The molecule has 2 aromatic carbocycles. The summed E-state index contributed by atoms with van der Waals surface area (Å²) in [7, 11) is 1.82. The number of oxazole rings is 1. The highest BCUT2D eigenvalue weighted by Crippen LogP contribution is 2.26. The smallest absolute Gasteiger partial charge is 0.255 e. The van der Waals surface area contributed by atoms with Crippen LogP contribution in [0, 0.1) is 0 Å². The quantitative estimate of drug-likeness (QED) is 0.544. The molecule has 0 saturated heterocycles. The molecule has 0 aliphatic heterocycles. The second-order valence-electron chi connectivity index (χ2n) is 6.86. The molecule has 0 aliphatic carbocycles. The minimum absolute atomic E-state index is 0.0459. The Labute approximate surface area is 165 Å². The summed E-state index contributed by atoms with van der Waals surface area (Å²) in [5.74, 6) is 0.381. The van der Waals surface area contributed by atoms with E-state index in [9.17, 15) is 4.79 Å². The monoisotopic (exact) mass is 377 g/mol. The molecule has 28 heavy (non-hydrogen) atoms. The molecule has 0 saturated carbocycles. The molecule has 1 atom stereocenters. The number of fused-ring (bicyclic) bond motifs is 1. The first-order valence-electron chi connectivity index (χ1n) is 9.86. The van der Waals surface area contributed by atoms with Crippen molar-refractivity contribution in [1.29, 1.82) is 0 Å². The number of carbonyl (C=O) groups excluding carboxylic acids is 1. The predicted octanol–water partition coefficient (Wildman–Crippen LogP) is 5.26. The lowest BCUT2D eigenvalue weighted by atomic mass is 10.0. The molecule has 5 heteroatoms. The highest BCUT2D eigenvalue weighted by Gasteiger charge is 2.19. The number of nitrogens with one attached hydrogen (secondary N) is 1. The van der Waals surface area contributed by atoms with Crippen molar-refractivity contribution in [2.45, 2.75) is 45.6 Å². The molecular weight excluding hydrogens is 350 g/mol. The molecule has 5 nitrogen and oxygen atoms in total. The van der Waals surface area contributed by atoms with E-state index in [1.54, 1.807) is 6.07 Å². The fourth-order valence-corrected chi connectivity index (χ4v) is 3.27. The molecule has 1 heterocycles. The van der Waals surface area contributed by atoms with Gasteiger partial charge in [-0.3, -0.25) is 9.79 Å². The minimum atomic E-state index is -0.139. The lowest BCUT2D eigenvalue weighted by Crippen LogP contribution is -2.36. The molecule has 0 fully saturated rings. The third-order valence-corrected chi connectivity index (χ3v) is 4.85. The Balaban J connectivity index is 1.84. The number of hydrogen-bond donors (Lipinski definition) is 1. The number of aromatic nitrogens is 1. The Morgan fingerprint density at radius 3 is 2.61 bits per heavy atom. The molecule has 0 radical (unpaired) electrons. The van der Waals surface area contributed by atoms with Crippen LogP contribution in [0.5, 0.6) is 0 Å². The maximum absolute atomic E-state index is 13.0. The van der Waals surface area contributed by atoms with Crippen LogP contribution in [-0.2, 0) is 0 Å². The average molecular weight is 377 g/mol. The van der Waals surface area contributed by atoms with E-state index in [1.165, 1.54) is 0 Å². The summed E-state index contributed by atoms with van der Waals surface area (Å²) < 4.78 is 5.97. The first-order valence-corrected chi connectivity index (χ1v) is 9.86. The zero-order valence-electron chi connectivity index (χ0n) is 16.7. The van der Waals surface area contributed by atoms with Crippen molar-refractivity contribution in [3.05, 3.63) is 54.1 Å². The Morgan fingerprint density at radius 1 is 1.14 bits per heavy atom. The SMILES string of the molecule is CCCC(CC(CC)NC(=O)c1cccc2nc(-c3ccccc3)oc12)=NC. The van der Waals surface area contributed by atoms with Gasteiger partial charge in [0.05, 0.1) is 5.56 Å². The molecule has 3 aromatic rings. The van der Waals surface area contributed by atoms with E-state index in [0.717, 1.165) is 37.0 Å². The van der Waals surface area contributed by atoms with Crippen LogP contribution in [0.2, 0.25) is 0 Å². The van der Waals surface area contributed by atoms with Gasteiger partial charge in [-0.2, -0.15) is 0 Å². The number of nitrogens with zero attached hydrogens (tertiary/aromatic N) is 2. The number of carbonyl (C=O) groups is 1. The van der Waals surface area contributed by atoms with E-state index in [-0.39, 0.29) is 11.9 Å². The number of rotatable bonds is 8. The van der Waals surface area contributed by atoms with E-state index in [4.69, 9.17) is 4.42 Å². The molecular formula is C23H27N3O2. The minimum Gasteiger partial charge on any atom is -0.435 e. The first kappa shape index (κ1) is 19.8. The van der Waals surface area contributed by atoms with Crippen LogP contribution in [0.1, 0.15) is 49.9 Å². The highest BCUT2D eigenvalue weighted by atomic mass is 16.3. The number of aliphatic imine (C=N–C) groups is 1. The van der Waals surface area contributed by atoms with Crippen molar-refractivity contribution in [3.63, 3.8) is 0 Å². The molecule has 1 N–H and O–H groups in total. The predicted molar refractivity (Wildman–Crippen MR) is 114 cm³/mol. The summed E-state index contributed by atoms with van der Waals surface area (Å²) in [6.07, 6.45) is 3.63. The fourth-order valence-electron chi connectivity index (χ4n) is 3.27. The van der Waals surface area contributed by atoms with Gasteiger partial charge in [0, 0.05) is 30.8 Å². The maximum Gasteiger partial charge on any atom is 0.255 e. The van der Waals surface area contributed by atoms with E-state index in [0.29, 0.717) is 22.6 Å². The molecule has 1 aromatic heterocycles. The Hall–Kier alpha value is -2.95. The second kappa shape index (κ2) is 9.31. The number of para-hydroxylation sites is 1. The lowest BCUT2D eigenvalue weighted by molar-refractivity contribution is 0.0938. The van der Waals surface area contributed by atoms with Gasteiger partial charge in [0.15, 0.2) is 5.58 Å². The molecule has 0 aliphatic rings. The van der Waals surface area contributed by atoms with Gasteiger partial charge in [0.2, 0.25) is 5.89 Å². The first-order chi connectivity index (χ1) is 13.7. The third-order valence-electron chi connectivity index (χ3n) is 4.85. The molecule has 0 bridgehead atoms. The van der Waals surface area contributed by atoms with Crippen LogP contribution in [0.15, 0.2) is 57.9 Å². The van der Waals surface area contributed by atoms with Crippen LogP contribution in [0.3, 0.4) is 0 Å². The second-order valence-corrected chi connectivity index (χ2v) is 6.86. The van der Waals surface area contributed by atoms with Crippen molar-refractivity contribution < 1.29 is 9.21 Å². The van der Waals surface area contributed by atoms with Gasteiger partial charge in [-0.05, 0) is 37.1 Å². The molecule has 3 rings (SSSR count). The van der Waals surface area contributed by atoms with Gasteiger partial charge in [-0.25, -0.2) is 4.98 Å². The molecule has 1 amide bonds. The average Bonchev–Trinajstić information content (AvgIpc) is 3.17. The van der Waals surface area contributed by atoms with Crippen LogP contribution in [0.4, 0.5) is 0 Å². The largest absolute Gasteiger partial charge is 0.435 e. The van der Waals surface area contributed by atoms with E-state index in [1.807, 2.05) is 49.5 Å².